The van der Waals surface area contributed by atoms with Crippen LogP contribution >= 0.6 is 15.6 Å². The summed E-state index contributed by atoms with van der Waals surface area (Å²) in [5, 5.41) is 0. The first kappa shape index (κ1) is 15.3. The van der Waals surface area contributed by atoms with Crippen molar-refractivity contribution in [2.24, 2.45) is 0 Å². The van der Waals surface area contributed by atoms with E-state index in [0.29, 0.717) is 6.42 Å². The number of rotatable bonds is 8. The van der Waals surface area contributed by atoms with E-state index in [1.54, 1.807) is 0 Å². The third kappa shape index (κ3) is 5.22. The second-order valence-electron chi connectivity index (χ2n) is 2.36. The molecule has 0 saturated heterocycles. The number of hydrogen-bond donors (Lipinski definition) is 0. The smallest absolute Gasteiger partial charge is 0.290 e. The maximum Gasteiger partial charge on any atom is 0.483 e. The zero-order valence-electron chi connectivity index (χ0n) is 9.17. The Hall–Kier alpha value is 0.260. The Bertz CT molecular complexity index is 258. The van der Waals surface area contributed by atoms with Gasteiger partial charge in [0, 0.05) is 21.3 Å². The van der Waals surface area contributed by atoms with Crippen molar-refractivity contribution in [1.82, 2.24) is 0 Å². The van der Waals surface area contributed by atoms with Crippen molar-refractivity contribution in [2.75, 3.05) is 27.9 Å². The first-order chi connectivity index (χ1) is 6.95. The third-order valence-electron chi connectivity index (χ3n) is 1.32. The highest BCUT2D eigenvalue weighted by molar-refractivity contribution is 7.62. The Balaban J connectivity index is 4.55. The lowest BCUT2D eigenvalue weighted by Gasteiger charge is -2.19. The minimum Gasteiger partial charge on any atom is -0.290 e. The minimum absolute atomic E-state index is 0.151. The Morgan fingerprint density at radius 2 is 1.40 bits per heavy atom. The monoisotopic (exact) mass is 262 g/mol. The van der Waals surface area contributed by atoms with Gasteiger partial charge >= 0.3 is 15.6 Å². The lowest BCUT2D eigenvalue weighted by molar-refractivity contribution is 0.142. The van der Waals surface area contributed by atoms with Gasteiger partial charge in [0.05, 0.1) is 6.61 Å². The average Bonchev–Trinajstić information content (AvgIpc) is 2.26. The van der Waals surface area contributed by atoms with Crippen LogP contribution in [0.5, 0.6) is 0 Å². The summed E-state index contributed by atoms with van der Waals surface area (Å²) < 4.78 is 46.0. The molecule has 0 bridgehead atoms. The van der Waals surface area contributed by atoms with Crippen LogP contribution in [-0.2, 0) is 31.5 Å². The molecule has 0 aliphatic carbocycles. The molecule has 92 valence electrons. The highest BCUT2D eigenvalue weighted by Gasteiger charge is 2.38. The van der Waals surface area contributed by atoms with Crippen molar-refractivity contribution < 1.29 is 31.5 Å². The maximum absolute atomic E-state index is 11.7. The molecule has 0 amide bonds. The summed E-state index contributed by atoms with van der Waals surface area (Å²) in [6, 6.07) is 0. The van der Waals surface area contributed by atoms with Crippen LogP contribution in [-0.4, -0.2) is 27.9 Å². The summed E-state index contributed by atoms with van der Waals surface area (Å²) in [4.78, 5) is 0. The minimum atomic E-state index is -3.88. The molecule has 1 atom stereocenters. The van der Waals surface area contributed by atoms with Gasteiger partial charge in [0.2, 0.25) is 0 Å². The zero-order valence-corrected chi connectivity index (χ0v) is 11.0. The van der Waals surface area contributed by atoms with E-state index in [1.165, 1.54) is 0 Å². The molecular formula is C6H16O7P2. The van der Waals surface area contributed by atoms with E-state index < -0.39 is 15.6 Å². The Morgan fingerprint density at radius 1 is 0.933 bits per heavy atom. The van der Waals surface area contributed by atoms with Gasteiger partial charge in [-0.05, 0) is 6.42 Å². The van der Waals surface area contributed by atoms with Crippen LogP contribution < -0.4 is 0 Å². The summed E-state index contributed by atoms with van der Waals surface area (Å²) in [5.41, 5.74) is 0. The van der Waals surface area contributed by atoms with Gasteiger partial charge in [-0.2, -0.15) is 4.31 Å². The summed E-state index contributed by atoms with van der Waals surface area (Å²) in [5.74, 6) is 0. The molecule has 0 saturated carbocycles. The lowest BCUT2D eigenvalue weighted by atomic mass is 10.5. The summed E-state index contributed by atoms with van der Waals surface area (Å²) >= 11 is 0. The molecule has 0 fully saturated rings. The van der Waals surface area contributed by atoms with Crippen molar-refractivity contribution in [2.45, 2.75) is 13.3 Å². The third-order valence-corrected chi connectivity index (χ3v) is 4.76. The van der Waals surface area contributed by atoms with E-state index in [4.69, 9.17) is 4.52 Å². The summed E-state index contributed by atoms with van der Waals surface area (Å²) in [6.07, 6.45) is 0.612. The Labute approximate surface area is 89.2 Å². The predicted octanol–water partition coefficient (Wildman–Crippen LogP) is 2.59. The van der Waals surface area contributed by atoms with E-state index >= 15 is 0 Å². The van der Waals surface area contributed by atoms with Crippen molar-refractivity contribution in [3.05, 3.63) is 0 Å². The zero-order chi connectivity index (χ0) is 11.9. The van der Waals surface area contributed by atoms with E-state index in [-0.39, 0.29) is 6.61 Å². The van der Waals surface area contributed by atoms with Gasteiger partial charge in [0.1, 0.15) is 0 Å². The van der Waals surface area contributed by atoms with Gasteiger partial charge in [0.15, 0.2) is 0 Å². The molecule has 0 aromatic rings. The van der Waals surface area contributed by atoms with Gasteiger partial charge in [-0.1, -0.05) is 6.92 Å². The van der Waals surface area contributed by atoms with Crippen molar-refractivity contribution >= 4 is 15.6 Å². The van der Waals surface area contributed by atoms with Crippen LogP contribution in [0.25, 0.3) is 0 Å². The van der Waals surface area contributed by atoms with Crippen LogP contribution in [0.3, 0.4) is 0 Å². The fourth-order valence-corrected chi connectivity index (χ4v) is 3.21. The standard InChI is InChI=1S/C6H16O7P2/c1-5-6-12-15(8,11-4)13-14(7,9-2)10-3/h5-6H2,1-4H3. The maximum atomic E-state index is 11.7. The van der Waals surface area contributed by atoms with Gasteiger partial charge in [0.25, 0.3) is 0 Å². The molecule has 0 spiro atoms. The second kappa shape index (κ2) is 6.76. The molecule has 15 heavy (non-hydrogen) atoms. The van der Waals surface area contributed by atoms with Gasteiger partial charge in [-0.15, -0.1) is 0 Å². The largest absolute Gasteiger partial charge is 0.483 e. The molecule has 0 N–H and O–H groups in total. The Morgan fingerprint density at radius 3 is 1.73 bits per heavy atom. The topological polar surface area (TPSA) is 80.3 Å². The van der Waals surface area contributed by atoms with Crippen molar-refractivity contribution in [3.63, 3.8) is 0 Å². The molecule has 0 aromatic carbocycles. The van der Waals surface area contributed by atoms with E-state index in [2.05, 4.69) is 17.9 Å². The van der Waals surface area contributed by atoms with Crippen LogP contribution in [0.15, 0.2) is 0 Å². The molecule has 7 nitrogen and oxygen atoms in total. The molecule has 0 radical (unpaired) electrons. The van der Waals surface area contributed by atoms with Crippen LogP contribution in [0, 0.1) is 0 Å². The first-order valence-electron chi connectivity index (χ1n) is 4.18. The van der Waals surface area contributed by atoms with Crippen LogP contribution in [0.4, 0.5) is 0 Å². The normalized spacial score (nSPS) is 16.3. The van der Waals surface area contributed by atoms with Crippen molar-refractivity contribution in [1.29, 1.82) is 0 Å². The van der Waals surface area contributed by atoms with Gasteiger partial charge in [-0.25, -0.2) is 9.13 Å². The van der Waals surface area contributed by atoms with Crippen LogP contribution in [0.1, 0.15) is 13.3 Å². The number of hydrogen-bond acceptors (Lipinski definition) is 7. The fraction of sp³-hybridized carbons (Fsp3) is 1.00. The van der Waals surface area contributed by atoms with Crippen molar-refractivity contribution in [3.8, 4) is 0 Å². The highest BCUT2D eigenvalue weighted by atomic mass is 31.3. The van der Waals surface area contributed by atoms with E-state index in [1.807, 2.05) is 6.92 Å². The molecule has 9 heteroatoms. The second-order valence-corrected chi connectivity index (χ2v) is 6.15. The van der Waals surface area contributed by atoms with Gasteiger partial charge in [-0.3, -0.25) is 18.1 Å². The molecule has 0 aliphatic heterocycles. The predicted molar refractivity (Wildman–Crippen MR) is 53.6 cm³/mol. The van der Waals surface area contributed by atoms with E-state index in [0.717, 1.165) is 21.3 Å². The molecule has 1 unspecified atom stereocenters. The molecule has 0 heterocycles. The average molecular weight is 262 g/mol. The van der Waals surface area contributed by atoms with Gasteiger partial charge < -0.3 is 0 Å². The fourth-order valence-electron chi connectivity index (χ4n) is 0.576. The number of phosphoric acid groups is 2. The molecule has 0 rings (SSSR count). The highest BCUT2D eigenvalue weighted by Crippen LogP contribution is 2.64. The summed E-state index contributed by atoms with van der Waals surface area (Å²) in [7, 11) is -4.44. The number of phosphoric ester groups is 2. The SMILES string of the molecule is CCCOP(=O)(OC)OP(=O)(OC)OC. The lowest BCUT2D eigenvalue weighted by Crippen LogP contribution is -2.00. The quantitative estimate of drug-likeness (QED) is 0.622. The Kier molecular flexibility index (Phi) is 6.88. The van der Waals surface area contributed by atoms with E-state index in [9.17, 15) is 9.13 Å². The van der Waals surface area contributed by atoms with Crippen LogP contribution in [0.2, 0.25) is 0 Å². The molecule has 0 aliphatic rings. The molecule has 0 aromatic heterocycles. The molecular weight excluding hydrogens is 246 g/mol. The summed E-state index contributed by atoms with van der Waals surface area (Å²) in [6.45, 7) is 1.96. The first-order valence-corrected chi connectivity index (χ1v) is 7.10.